The van der Waals surface area contributed by atoms with E-state index in [0.29, 0.717) is 24.7 Å². The first-order chi connectivity index (χ1) is 23.1. The zero-order chi connectivity index (χ0) is 36.8. The van der Waals surface area contributed by atoms with Crippen molar-refractivity contribution in [3.8, 4) is 0 Å². The topological polar surface area (TPSA) is 216 Å². The molecule has 2 rings (SSSR count). The van der Waals surface area contributed by atoms with Crippen molar-refractivity contribution in [2.24, 2.45) is 17.8 Å². The minimum absolute atomic E-state index is 0.0135. The summed E-state index contributed by atoms with van der Waals surface area (Å²) in [6.45, 7) is 12.1. The van der Waals surface area contributed by atoms with Crippen LogP contribution < -0.4 is 26.6 Å². The molecule has 0 fully saturated rings. The number of fused-ring (bicyclic) bond motifs is 1. The third-order valence-electron chi connectivity index (χ3n) is 8.83. The van der Waals surface area contributed by atoms with Gasteiger partial charge in [0.1, 0.15) is 30.5 Å². The summed E-state index contributed by atoms with van der Waals surface area (Å²) in [4.78, 5) is 92.6. The van der Waals surface area contributed by atoms with Gasteiger partial charge in [-0.15, -0.1) is 0 Å². The zero-order valence-electron chi connectivity index (χ0n) is 29.4. The lowest BCUT2D eigenvalue weighted by atomic mass is 9.94. The number of carbonyl (C=O) groups excluding carboxylic acids is 6. The van der Waals surface area contributed by atoms with E-state index >= 15 is 0 Å². The Balaban J connectivity index is 2.47. The number of amides is 5. The molecule has 2 aromatic rings. The monoisotopic (exact) mass is 684 g/mol. The van der Waals surface area contributed by atoms with Crippen LogP contribution in [0.2, 0.25) is 0 Å². The zero-order valence-corrected chi connectivity index (χ0v) is 29.4. The van der Waals surface area contributed by atoms with Crippen molar-refractivity contribution in [1.29, 1.82) is 0 Å². The van der Waals surface area contributed by atoms with Crippen LogP contribution in [0.5, 0.6) is 0 Å². The van der Waals surface area contributed by atoms with Crippen LogP contribution in [-0.2, 0) is 40.0 Å². The molecule has 14 heteroatoms. The highest BCUT2D eigenvalue weighted by atomic mass is 16.4. The van der Waals surface area contributed by atoms with Gasteiger partial charge in [-0.1, -0.05) is 72.6 Å². The number of nitrogens with one attached hydrogen (secondary N) is 6. The molecule has 0 saturated carbocycles. The Kier molecular flexibility index (Phi) is 15.9. The molecule has 0 aliphatic carbocycles. The summed E-state index contributed by atoms with van der Waals surface area (Å²) in [5.74, 6) is -5.14. The van der Waals surface area contributed by atoms with Gasteiger partial charge in [0.15, 0.2) is 0 Å². The Morgan fingerprint density at radius 1 is 0.776 bits per heavy atom. The number of para-hydroxylation sites is 1. The van der Waals surface area contributed by atoms with E-state index in [1.54, 1.807) is 27.0 Å². The van der Waals surface area contributed by atoms with Gasteiger partial charge in [0.2, 0.25) is 29.5 Å². The third kappa shape index (κ3) is 12.0. The number of carbonyl (C=O) groups is 7. The molecule has 0 aliphatic rings. The van der Waals surface area contributed by atoms with E-state index in [2.05, 4.69) is 31.6 Å². The van der Waals surface area contributed by atoms with Gasteiger partial charge in [0, 0.05) is 36.9 Å². The Labute approximate surface area is 287 Å². The molecule has 1 aromatic heterocycles. The molecule has 7 N–H and O–H groups in total. The average Bonchev–Trinajstić information content (AvgIpc) is 3.47. The highest BCUT2D eigenvalue weighted by Gasteiger charge is 2.35. The molecule has 0 aliphatic heterocycles. The van der Waals surface area contributed by atoms with Crippen molar-refractivity contribution in [2.75, 3.05) is 0 Å². The van der Waals surface area contributed by atoms with Crippen LogP contribution in [0.1, 0.15) is 79.7 Å². The number of aliphatic carboxylic acids is 1. The molecule has 7 atom stereocenters. The van der Waals surface area contributed by atoms with Crippen molar-refractivity contribution in [2.45, 2.75) is 111 Å². The van der Waals surface area contributed by atoms with Crippen molar-refractivity contribution in [3.63, 3.8) is 0 Å². The number of aromatic nitrogens is 1. The van der Waals surface area contributed by atoms with E-state index in [-0.39, 0.29) is 30.6 Å². The lowest BCUT2D eigenvalue weighted by molar-refractivity contribution is -0.138. The minimum atomic E-state index is -1.33. The molecule has 1 aromatic carbocycles. The maximum absolute atomic E-state index is 14.0. The summed E-state index contributed by atoms with van der Waals surface area (Å²) in [6.07, 6.45) is 2.64. The normalized spacial score (nSPS) is 15.5. The molecule has 0 bridgehead atoms. The second kappa shape index (κ2) is 19.3. The van der Waals surface area contributed by atoms with Crippen LogP contribution in [0.15, 0.2) is 30.5 Å². The van der Waals surface area contributed by atoms with E-state index in [1.165, 1.54) is 6.92 Å². The standard InChI is InChI=1S/C35H52N6O8/c1-8-20(5)30(37-22(7)43)35(49)41-31(21(6)9-2)34(48)39-27(16-23-17-36-25-13-11-10-12-24(23)25)33(47)38-26(14-15-29(44)45)32(46)40-28(18-42)19(3)4/h10-13,17-21,26-28,30-31,36H,8-9,14-16H2,1-7H3,(H,37,43)(H,38,47)(H,39,48)(H,40,46)(H,41,49)(H,44,45)/t20-,21-,26-,27-,28+,30-,31-/m0/s1. The van der Waals surface area contributed by atoms with E-state index in [9.17, 15) is 38.7 Å². The summed E-state index contributed by atoms with van der Waals surface area (Å²) < 4.78 is 0. The maximum atomic E-state index is 14.0. The lowest BCUT2D eigenvalue weighted by Gasteiger charge is -2.30. The summed E-state index contributed by atoms with van der Waals surface area (Å²) in [6, 6.07) is 1.96. The number of carboxylic acid groups (broad SMARTS) is 1. The fraction of sp³-hybridized carbons (Fsp3) is 0.571. The molecule has 0 radical (unpaired) electrons. The SMILES string of the molecule is CC[C@H](C)[C@H](NC(C)=O)C(=O)N[C@H](C(=O)N[C@@H](Cc1c[nH]c2ccccc12)C(=O)N[C@@H](CCC(=O)O)C(=O)N[C@H](C=O)C(C)C)[C@@H](C)CC. The summed E-state index contributed by atoms with van der Waals surface area (Å²) >= 11 is 0. The number of carboxylic acids is 1. The molecular formula is C35H52N6O8. The van der Waals surface area contributed by atoms with Crippen LogP contribution in [0.3, 0.4) is 0 Å². The first kappa shape index (κ1) is 40.4. The lowest BCUT2D eigenvalue weighted by Crippen LogP contribution is -2.60. The average molecular weight is 685 g/mol. The van der Waals surface area contributed by atoms with Gasteiger partial charge in [-0.2, -0.15) is 0 Å². The Morgan fingerprint density at radius 2 is 1.33 bits per heavy atom. The predicted molar refractivity (Wildman–Crippen MR) is 184 cm³/mol. The Hall–Kier alpha value is -4.75. The van der Waals surface area contributed by atoms with Crippen LogP contribution in [0, 0.1) is 17.8 Å². The summed E-state index contributed by atoms with van der Waals surface area (Å²) in [7, 11) is 0. The van der Waals surface area contributed by atoms with Crippen molar-refractivity contribution >= 4 is 52.7 Å². The second-order valence-corrected chi connectivity index (χ2v) is 13.0. The highest BCUT2D eigenvalue weighted by Crippen LogP contribution is 2.20. The summed E-state index contributed by atoms with van der Waals surface area (Å²) in [5.41, 5.74) is 1.49. The number of rotatable bonds is 20. The molecule has 0 unspecified atom stereocenters. The molecule has 0 spiro atoms. The molecule has 0 saturated heterocycles. The first-order valence-electron chi connectivity index (χ1n) is 16.8. The van der Waals surface area contributed by atoms with Gasteiger partial charge >= 0.3 is 5.97 Å². The quantitative estimate of drug-likeness (QED) is 0.102. The molecule has 1 heterocycles. The minimum Gasteiger partial charge on any atom is -0.481 e. The van der Waals surface area contributed by atoms with Gasteiger partial charge in [0.05, 0.1) is 6.04 Å². The van der Waals surface area contributed by atoms with Crippen LogP contribution in [0.4, 0.5) is 0 Å². The van der Waals surface area contributed by atoms with E-state index in [1.807, 2.05) is 45.0 Å². The van der Waals surface area contributed by atoms with Gasteiger partial charge < -0.3 is 41.5 Å². The largest absolute Gasteiger partial charge is 0.481 e. The van der Waals surface area contributed by atoms with E-state index < -0.39 is 72.1 Å². The third-order valence-corrected chi connectivity index (χ3v) is 8.83. The van der Waals surface area contributed by atoms with Crippen LogP contribution >= 0.6 is 0 Å². The predicted octanol–water partition coefficient (Wildman–Crippen LogP) is 1.97. The van der Waals surface area contributed by atoms with Crippen LogP contribution in [-0.4, -0.2) is 82.1 Å². The number of aldehydes is 1. The molecule has 49 heavy (non-hydrogen) atoms. The Bertz CT molecular complexity index is 1470. The number of benzene rings is 1. The van der Waals surface area contributed by atoms with Crippen molar-refractivity contribution in [3.05, 3.63) is 36.0 Å². The highest BCUT2D eigenvalue weighted by molar-refractivity contribution is 5.96. The maximum Gasteiger partial charge on any atom is 0.303 e. The number of aromatic amines is 1. The van der Waals surface area contributed by atoms with Crippen LogP contribution in [0.25, 0.3) is 10.9 Å². The summed E-state index contributed by atoms with van der Waals surface area (Å²) in [5, 5.41) is 23.5. The number of hydrogen-bond acceptors (Lipinski definition) is 7. The van der Waals surface area contributed by atoms with Gasteiger partial charge in [0.25, 0.3) is 0 Å². The number of hydrogen-bond donors (Lipinski definition) is 7. The smallest absolute Gasteiger partial charge is 0.303 e. The van der Waals surface area contributed by atoms with E-state index in [0.717, 1.165) is 10.9 Å². The second-order valence-electron chi connectivity index (χ2n) is 13.0. The fourth-order valence-electron chi connectivity index (χ4n) is 5.29. The first-order valence-corrected chi connectivity index (χ1v) is 16.8. The van der Waals surface area contributed by atoms with Crippen molar-refractivity contribution < 1.29 is 38.7 Å². The molecule has 270 valence electrons. The van der Waals surface area contributed by atoms with Crippen molar-refractivity contribution in [1.82, 2.24) is 31.6 Å². The van der Waals surface area contributed by atoms with Gasteiger partial charge in [-0.25, -0.2) is 0 Å². The van der Waals surface area contributed by atoms with Gasteiger partial charge in [-0.05, 0) is 35.8 Å². The number of H-pyrrole nitrogens is 1. The van der Waals surface area contributed by atoms with Gasteiger partial charge in [-0.3, -0.25) is 28.8 Å². The fourth-order valence-corrected chi connectivity index (χ4v) is 5.29. The molecule has 5 amide bonds. The van der Waals surface area contributed by atoms with E-state index in [4.69, 9.17) is 0 Å². The molecular weight excluding hydrogens is 632 g/mol. The Morgan fingerprint density at radius 3 is 1.88 bits per heavy atom. The molecule has 14 nitrogen and oxygen atoms in total.